The lowest BCUT2D eigenvalue weighted by molar-refractivity contribution is 0.251. The summed E-state index contributed by atoms with van der Waals surface area (Å²) in [6, 6.07) is 2.86. The molecule has 1 aromatic heterocycles. The molecular formula is C14H18Cl2N6O. The molecule has 0 atom stereocenters. The van der Waals surface area contributed by atoms with E-state index in [1.165, 1.54) is 4.80 Å². The molecule has 7 nitrogen and oxygen atoms in total. The van der Waals surface area contributed by atoms with Gasteiger partial charge in [0.15, 0.2) is 5.82 Å². The summed E-state index contributed by atoms with van der Waals surface area (Å²) in [6.07, 6.45) is 0. The van der Waals surface area contributed by atoms with Crippen LogP contribution >= 0.6 is 23.2 Å². The standard InChI is InChI=1S/C14H18Cl2N6O/c1-8-5-10(16)11(6-9(8)15)18-13(23)17-7-12-19-21-22(20-12)14(2,3)4/h5-6H,7H2,1-4H3,(H2,17,18,23). The van der Waals surface area contributed by atoms with Gasteiger partial charge in [0, 0.05) is 5.02 Å². The molecular weight excluding hydrogens is 339 g/mol. The molecule has 0 radical (unpaired) electrons. The number of anilines is 1. The minimum atomic E-state index is -0.432. The van der Waals surface area contributed by atoms with Gasteiger partial charge in [-0.1, -0.05) is 23.2 Å². The van der Waals surface area contributed by atoms with Crippen LogP contribution in [0.25, 0.3) is 0 Å². The molecule has 2 aromatic rings. The summed E-state index contributed by atoms with van der Waals surface area (Å²) in [5.74, 6) is 0.420. The highest BCUT2D eigenvalue weighted by Gasteiger charge is 2.17. The molecule has 0 saturated heterocycles. The number of hydrogen-bond donors (Lipinski definition) is 2. The maximum absolute atomic E-state index is 11.9. The lowest BCUT2D eigenvalue weighted by Crippen LogP contribution is -2.29. The topological polar surface area (TPSA) is 84.7 Å². The molecule has 1 heterocycles. The zero-order valence-corrected chi connectivity index (χ0v) is 14.8. The molecule has 0 aliphatic carbocycles. The summed E-state index contributed by atoms with van der Waals surface area (Å²) >= 11 is 12.1. The van der Waals surface area contributed by atoms with E-state index in [-0.39, 0.29) is 12.1 Å². The van der Waals surface area contributed by atoms with Gasteiger partial charge in [-0.05, 0) is 50.6 Å². The quantitative estimate of drug-likeness (QED) is 0.882. The number of carbonyl (C=O) groups is 1. The monoisotopic (exact) mass is 356 g/mol. The molecule has 23 heavy (non-hydrogen) atoms. The van der Waals surface area contributed by atoms with Crippen molar-refractivity contribution in [3.05, 3.63) is 33.6 Å². The smallest absolute Gasteiger partial charge is 0.319 e. The van der Waals surface area contributed by atoms with E-state index >= 15 is 0 Å². The zero-order chi connectivity index (χ0) is 17.2. The van der Waals surface area contributed by atoms with Crippen molar-refractivity contribution in [1.29, 1.82) is 0 Å². The normalized spacial score (nSPS) is 11.4. The first-order valence-corrected chi connectivity index (χ1v) is 7.72. The summed E-state index contributed by atoms with van der Waals surface area (Å²) < 4.78 is 0. The van der Waals surface area contributed by atoms with Crippen molar-refractivity contribution in [3.8, 4) is 0 Å². The zero-order valence-electron chi connectivity index (χ0n) is 13.3. The Kier molecular flexibility index (Phi) is 5.11. The molecule has 0 spiro atoms. The van der Waals surface area contributed by atoms with Gasteiger partial charge in [-0.25, -0.2) is 4.79 Å². The Morgan fingerprint density at radius 3 is 2.57 bits per heavy atom. The van der Waals surface area contributed by atoms with Gasteiger partial charge in [-0.2, -0.15) is 4.80 Å². The summed E-state index contributed by atoms with van der Waals surface area (Å²) in [6.45, 7) is 7.87. The van der Waals surface area contributed by atoms with Crippen LogP contribution in [0.15, 0.2) is 12.1 Å². The minimum absolute atomic E-state index is 0.152. The average Bonchev–Trinajstić information content (AvgIpc) is 2.91. The van der Waals surface area contributed by atoms with Crippen LogP contribution in [-0.4, -0.2) is 26.2 Å². The number of tetrazole rings is 1. The third-order valence-corrected chi connectivity index (χ3v) is 3.68. The van der Waals surface area contributed by atoms with E-state index in [1.54, 1.807) is 12.1 Å². The van der Waals surface area contributed by atoms with E-state index < -0.39 is 6.03 Å². The van der Waals surface area contributed by atoms with Crippen LogP contribution < -0.4 is 10.6 Å². The second-order valence-corrected chi connectivity index (χ2v) is 6.87. The molecule has 0 saturated carbocycles. The van der Waals surface area contributed by atoms with Gasteiger partial charge in [0.25, 0.3) is 0 Å². The van der Waals surface area contributed by atoms with Gasteiger partial charge < -0.3 is 10.6 Å². The van der Waals surface area contributed by atoms with Crippen molar-refractivity contribution < 1.29 is 4.79 Å². The fourth-order valence-corrected chi connectivity index (χ4v) is 2.10. The lowest BCUT2D eigenvalue weighted by Gasteiger charge is -2.15. The van der Waals surface area contributed by atoms with Crippen molar-refractivity contribution in [2.45, 2.75) is 39.8 Å². The largest absolute Gasteiger partial charge is 0.330 e. The summed E-state index contributed by atoms with van der Waals surface area (Å²) in [5.41, 5.74) is 1.01. The van der Waals surface area contributed by atoms with Crippen molar-refractivity contribution in [2.75, 3.05) is 5.32 Å². The number of nitrogens with one attached hydrogen (secondary N) is 2. The fraction of sp³-hybridized carbons (Fsp3) is 0.429. The predicted octanol–water partition coefficient (Wildman–Crippen LogP) is 3.37. The number of carbonyl (C=O) groups excluding carboxylic acids is 1. The van der Waals surface area contributed by atoms with Crippen LogP contribution in [0.5, 0.6) is 0 Å². The molecule has 0 fully saturated rings. The molecule has 0 unspecified atom stereocenters. The fourth-order valence-electron chi connectivity index (χ4n) is 1.67. The van der Waals surface area contributed by atoms with E-state index in [0.717, 1.165) is 5.56 Å². The number of nitrogens with zero attached hydrogens (tertiary/aromatic N) is 4. The molecule has 2 N–H and O–H groups in total. The first kappa shape index (κ1) is 17.5. The third-order valence-electron chi connectivity index (χ3n) is 2.96. The van der Waals surface area contributed by atoms with Crippen LogP contribution in [0.1, 0.15) is 32.2 Å². The highest BCUT2D eigenvalue weighted by atomic mass is 35.5. The molecule has 9 heteroatoms. The molecule has 2 amide bonds. The van der Waals surface area contributed by atoms with Crippen molar-refractivity contribution in [2.24, 2.45) is 0 Å². The number of rotatable bonds is 3. The molecule has 124 valence electrons. The van der Waals surface area contributed by atoms with E-state index in [2.05, 4.69) is 26.0 Å². The second kappa shape index (κ2) is 6.72. The SMILES string of the molecule is Cc1cc(Cl)c(NC(=O)NCc2nnn(C(C)(C)C)n2)cc1Cl. The molecule has 1 aromatic carbocycles. The number of halogens is 2. The second-order valence-electron chi connectivity index (χ2n) is 6.05. The number of aryl methyl sites for hydroxylation is 1. The Balaban J connectivity index is 1.96. The average molecular weight is 357 g/mol. The van der Waals surface area contributed by atoms with E-state index in [0.29, 0.717) is 21.6 Å². The first-order chi connectivity index (χ1) is 10.7. The number of urea groups is 1. The van der Waals surface area contributed by atoms with Gasteiger partial charge in [-0.15, -0.1) is 10.2 Å². The predicted molar refractivity (Wildman–Crippen MR) is 89.9 cm³/mol. The Hall–Kier alpha value is -1.86. The van der Waals surface area contributed by atoms with Crippen LogP contribution in [-0.2, 0) is 12.1 Å². The highest BCUT2D eigenvalue weighted by molar-refractivity contribution is 6.36. The van der Waals surface area contributed by atoms with Crippen LogP contribution in [0.4, 0.5) is 10.5 Å². The molecule has 0 aliphatic heterocycles. The number of aromatic nitrogens is 4. The van der Waals surface area contributed by atoms with Crippen LogP contribution in [0.3, 0.4) is 0 Å². The maximum Gasteiger partial charge on any atom is 0.319 e. The van der Waals surface area contributed by atoms with Crippen molar-refractivity contribution in [1.82, 2.24) is 25.5 Å². The van der Waals surface area contributed by atoms with Gasteiger partial charge in [0.1, 0.15) is 0 Å². The first-order valence-electron chi connectivity index (χ1n) is 6.96. The number of hydrogen-bond acceptors (Lipinski definition) is 4. The minimum Gasteiger partial charge on any atom is -0.330 e. The van der Waals surface area contributed by atoms with Crippen LogP contribution in [0.2, 0.25) is 10.0 Å². The Morgan fingerprint density at radius 2 is 1.96 bits per heavy atom. The highest BCUT2D eigenvalue weighted by Crippen LogP contribution is 2.28. The molecule has 0 aliphatic rings. The van der Waals surface area contributed by atoms with Crippen molar-refractivity contribution in [3.63, 3.8) is 0 Å². The Bertz CT molecular complexity index is 723. The maximum atomic E-state index is 11.9. The number of amides is 2. The number of benzene rings is 1. The third kappa shape index (κ3) is 4.56. The lowest BCUT2D eigenvalue weighted by atomic mass is 10.1. The summed E-state index contributed by atoms with van der Waals surface area (Å²) in [4.78, 5) is 13.4. The molecule has 0 bridgehead atoms. The van der Waals surface area contributed by atoms with E-state index in [4.69, 9.17) is 23.2 Å². The van der Waals surface area contributed by atoms with E-state index in [1.807, 2.05) is 27.7 Å². The summed E-state index contributed by atoms with van der Waals surface area (Å²) in [5, 5.41) is 18.3. The van der Waals surface area contributed by atoms with Crippen molar-refractivity contribution >= 4 is 34.9 Å². The molecule has 2 rings (SSSR count). The van der Waals surface area contributed by atoms with Gasteiger partial charge in [-0.3, -0.25) is 0 Å². The Morgan fingerprint density at radius 1 is 1.26 bits per heavy atom. The summed E-state index contributed by atoms with van der Waals surface area (Å²) in [7, 11) is 0. The Labute approximate surface area is 144 Å². The van der Waals surface area contributed by atoms with Gasteiger partial charge >= 0.3 is 6.03 Å². The van der Waals surface area contributed by atoms with Gasteiger partial charge in [0.05, 0.1) is 22.8 Å². The van der Waals surface area contributed by atoms with Crippen LogP contribution in [0, 0.1) is 6.92 Å². The van der Waals surface area contributed by atoms with E-state index in [9.17, 15) is 4.79 Å². The van der Waals surface area contributed by atoms with Gasteiger partial charge in [0.2, 0.25) is 0 Å².